The van der Waals surface area contributed by atoms with Crippen molar-refractivity contribution in [1.82, 2.24) is 24.9 Å². The van der Waals surface area contributed by atoms with Gasteiger partial charge in [-0.3, -0.25) is 14.6 Å². The van der Waals surface area contributed by atoms with Gasteiger partial charge in [-0.25, -0.2) is 13.2 Å². The lowest BCUT2D eigenvalue weighted by molar-refractivity contribution is 0.0644. The Hall–Kier alpha value is -3.62. The van der Waals surface area contributed by atoms with Crippen LogP contribution in [-0.4, -0.2) is 36.8 Å². The number of benzene rings is 2. The van der Waals surface area contributed by atoms with E-state index in [1.165, 1.54) is 0 Å². The molecule has 162 valence electrons. The maximum atomic E-state index is 13.9. The number of hydrogen-bond donors (Lipinski definition) is 1. The molecule has 1 amide bonds. The van der Waals surface area contributed by atoms with E-state index in [1.807, 2.05) is 17.0 Å². The number of H-pyrrole nitrogens is 1. The summed E-state index contributed by atoms with van der Waals surface area (Å²) in [5.74, 6) is -4.06. The van der Waals surface area contributed by atoms with Gasteiger partial charge in [-0.2, -0.15) is 10.2 Å². The van der Waals surface area contributed by atoms with Crippen LogP contribution >= 0.6 is 0 Å². The second-order valence-electron chi connectivity index (χ2n) is 8.39. The fourth-order valence-electron chi connectivity index (χ4n) is 5.29. The summed E-state index contributed by atoms with van der Waals surface area (Å²) in [7, 11) is 1.69. The van der Waals surface area contributed by atoms with Crippen LogP contribution in [0.15, 0.2) is 36.5 Å². The number of hydrogen-bond acceptors (Lipinski definition) is 3. The van der Waals surface area contributed by atoms with Crippen molar-refractivity contribution >= 4 is 16.8 Å². The van der Waals surface area contributed by atoms with Gasteiger partial charge in [0, 0.05) is 29.6 Å². The van der Waals surface area contributed by atoms with Crippen LogP contribution in [0.2, 0.25) is 0 Å². The number of nitrogens with one attached hydrogen (secondary N) is 1. The van der Waals surface area contributed by atoms with Gasteiger partial charge in [0.1, 0.15) is 0 Å². The van der Waals surface area contributed by atoms with Gasteiger partial charge in [0.05, 0.1) is 34.7 Å². The summed E-state index contributed by atoms with van der Waals surface area (Å²) < 4.78 is 42.9. The molecule has 1 N–H and O–H groups in total. The van der Waals surface area contributed by atoms with Gasteiger partial charge in [-0.05, 0) is 37.5 Å². The maximum Gasteiger partial charge on any atom is 0.256 e. The highest BCUT2D eigenvalue weighted by atomic mass is 19.2. The normalized spacial score (nSPS) is 19.6. The van der Waals surface area contributed by atoms with Gasteiger partial charge in [-0.15, -0.1) is 0 Å². The topological polar surface area (TPSA) is 66.8 Å². The number of amides is 1. The molecule has 9 heteroatoms. The summed E-state index contributed by atoms with van der Waals surface area (Å²) in [6.07, 6.45) is 3.76. The SMILES string of the molecule is Cn1nc2c(c1-c1cc(F)c(F)c(F)c1)C[C@@H]1CC[C@H]2N1C(=O)c1cccc2cn[nH]c12. The average Bonchev–Trinajstić information content (AvgIpc) is 3.46. The Morgan fingerprint density at radius 2 is 1.94 bits per heavy atom. The molecule has 2 atom stereocenters. The van der Waals surface area contributed by atoms with Crippen LogP contribution in [0.3, 0.4) is 0 Å². The molecule has 1 saturated heterocycles. The summed E-state index contributed by atoms with van der Waals surface area (Å²) in [6.45, 7) is 0. The molecule has 6 nitrogen and oxygen atoms in total. The van der Waals surface area contributed by atoms with E-state index in [1.54, 1.807) is 24.0 Å². The number of aromatic amines is 1. The lowest BCUT2D eigenvalue weighted by atomic mass is 9.94. The first-order chi connectivity index (χ1) is 15.4. The smallest absolute Gasteiger partial charge is 0.256 e. The van der Waals surface area contributed by atoms with Crippen molar-refractivity contribution in [2.24, 2.45) is 7.05 Å². The van der Waals surface area contributed by atoms with Gasteiger partial charge in [0.15, 0.2) is 17.5 Å². The molecule has 0 unspecified atom stereocenters. The van der Waals surface area contributed by atoms with Crippen LogP contribution < -0.4 is 0 Å². The van der Waals surface area contributed by atoms with Crippen molar-refractivity contribution in [3.63, 3.8) is 0 Å². The Kier molecular flexibility index (Phi) is 3.99. The summed E-state index contributed by atoms with van der Waals surface area (Å²) >= 11 is 0. The van der Waals surface area contributed by atoms with E-state index in [0.29, 0.717) is 23.2 Å². The first-order valence-electron chi connectivity index (χ1n) is 10.4. The Morgan fingerprint density at radius 1 is 1.16 bits per heavy atom. The third-order valence-electron chi connectivity index (χ3n) is 6.63. The molecule has 0 aliphatic carbocycles. The van der Waals surface area contributed by atoms with Gasteiger partial charge in [-0.1, -0.05) is 12.1 Å². The number of rotatable bonds is 2. The zero-order chi connectivity index (χ0) is 22.1. The third-order valence-corrected chi connectivity index (χ3v) is 6.63. The van der Waals surface area contributed by atoms with E-state index in [9.17, 15) is 18.0 Å². The van der Waals surface area contributed by atoms with Crippen LogP contribution in [0, 0.1) is 17.5 Å². The van der Waals surface area contributed by atoms with Crippen molar-refractivity contribution in [3.8, 4) is 11.3 Å². The minimum absolute atomic E-state index is 0.0590. The highest BCUT2D eigenvalue weighted by molar-refractivity contribution is 6.05. The molecule has 1 fully saturated rings. The molecule has 0 spiro atoms. The van der Waals surface area contributed by atoms with E-state index in [-0.39, 0.29) is 23.6 Å². The molecular formula is C23H18F3N5O. The van der Waals surface area contributed by atoms with Gasteiger partial charge in [0.2, 0.25) is 0 Å². The molecule has 4 heterocycles. The fraction of sp³-hybridized carbons (Fsp3) is 0.261. The second kappa shape index (κ2) is 6.69. The van der Waals surface area contributed by atoms with Crippen LogP contribution in [0.25, 0.3) is 22.2 Å². The highest BCUT2D eigenvalue weighted by Gasteiger charge is 2.46. The predicted molar refractivity (Wildman–Crippen MR) is 110 cm³/mol. The zero-order valence-corrected chi connectivity index (χ0v) is 17.1. The quantitative estimate of drug-likeness (QED) is 0.476. The Bertz CT molecular complexity index is 1390. The summed E-state index contributed by atoms with van der Waals surface area (Å²) in [4.78, 5) is 15.4. The van der Waals surface area contributed by atoms with Crippen LogP contribution in [0.4, 0.5) is 13.2 Å². The lowest BCUT2D eigenvalue weighted by Crippen LogP contribution is -2.42. The van der Waals surface area contributed by atoms with Crippen LogP contribution in [0.1, 0.15) is 40.5 Å². The molecule has 4 aromatic rings. The zero-order valence-electron chi connectivity index (χ0n) is 17.1. The Labute approximate surface area is 180 Å². The number of carbonyl (C=O) groups excluding carboxylic acids is 1. The van der Waals surface area contributed by atoms with E-state index < -0.39 is 17.5 Å². The largest absolute Gasteiger partial charge is 0.327 e. The van der Waals surface area contributed by atoms with Crippen LogP contribution in [0.5, 0.6) is 0 Å². The number of nitrogens with zero attached hydrogens (tertiary/aromatic N) is 4. The molecule has 2 aromatic heterocycles. The molecular weight excluding hydrogens is 419 g/mol. The first-order valence-corrected chi connectivity index (χ1v) is 10.4. The number of para-hydroxylation sites is 1. The Morgan fingerprint density at radius 3 is 2.72 bits per heavy atom. The number of aryl methyl sites for hydroxylation is 1. The Balaban J connectivity index is 1.44. The van der Waals surface area contributed by atoms with E-state index >= 15 is 0 Å². The molecule has 2 aliphatic heterocycles. The average molecular weight is 437 g/mol. The van der Waals surface area contributed by atoms with Crippen molar-refractivity contribution in [3.05, 3.63) is 70.8 Å². The molecule has 32 heavy (non-hydrogen) atoms. The lowest BCUT2D eigenvalue weighted by Gasteiger charge is -2.34. The molecule has 2 aliphatic rings. The van der Waals surface area contributed by atoms with Crippen molar-refractivity contribution in [2.75, 3.05) is 0 Å². The molecule has 2 bridgehead atoms. The third kappa shape index (κ3) is 2.57. The monoisotopic (exact) mass is 437 g/mol. The predicted octanol–water partition coefficient (Wildman–Crippen LogP) is 4.28. The van der Waals surface area contributed by atoms with Crippen molar-refractivity contribution in [1.29, 1.82) is 0 Å². The van der Waals surface area contributed by atoms with E-state index in [0.717, 1.165) is 41.6 Å². The van der Waals surface area contributed by atoms with Gasteiger partial charge < -0.3 is 4.90 Å². The first kappa shape index (κ1) is 19.1. The van der Waals surface area contributed by atoms with Crippen molar-refractivity contribution < 1.29 is 18.0 Å². The minimum atomic E-state index is -1.49. The molecule has 0 saturated carbocycles. The summed E-state index contributed by atoms with van der Waals surface area (Å²) in [5.41, 5.74) is 3.62. The van der Waals surface area contributed by atoms with Gasteiger partial charge in [0.25, 0.3) is 5.91 Å². The summed E-state index contributed by atoms with van der Waals surface area (Å²) in [5, 5.41) is 12.5. The van der Waals surface area contributed by atoms with Crippen molar-refractivity contribution in [2.45, 2.75) is 31.3 Å². The number of fused-ring (bicyclic) bond motifs is 5. The molecule has 2 aromatic carbocycles. The minimum Gasteiger partial charge on any atom is -0.327 e. The van der Waals surface area contributed by atoms with E-state index in [2.05, 4.69) is 15.3 Å². The highest BCUT2D eigenvalue weighted by Crippen LogP contribution is 2.47. The molecule has 6 rings (SSSR count). The maximum absolute atomic E-state index is 13.9. The standard InChI is InChI=1S/C23H18F3N5O/c1-30-22(12-7-16(24)19(26)17(25)8-12)15-9-13-5-6-18(21(15)29-30)31(13)23(32)14-4-2-3-11-10-27-28-20(11)14/h2-4,7-8,10,13,18H,5-6,9H2,1H3,(H,27,28)/t13-,18+/m0/s1. The summed E-state index contributed by atoms with van der Waals surface area (Å²) in [6, 6.07) is 7.21. The number of carbonyl (C=O) groups is 1. The fourth-order valence-corrected chi connectivity index (χ4v) is 5.29. The number of halogens is 3. The van der Waals surface area contributed by atoms with E-state index in [4.69, 9.17) is 0 Å². The number of aromatic nitrogens is 4. The van der Waals surface area contributed by atoms with Gasteiger partial charge >= 0.3 is 0 Å². The van der Waals surface area contributed by atoms with Crippen LogP contribution in [-0.2, 0) is 13.5 Å². The molecule has 0 radical (unpaired) electrons. The second-order valence-corrected chi connectivity index (χ2v) is 8.39.